The summed E-state index contributed by atoms with van der Waals surface area (Å²) in [6.45, 7) is 1.27. The number of rotatable bonds is 11. The van der Waals surface area contributed by atoms with Crippen LogP contribution in [0.25, 0.3) is 0 Å². The summed E-state index contributed by atoms with van der Waals surface area (Å²) in [6.07, 6.45) is -6.77. The molecule has 0 saturated carbocycles. The summed E-state index contributed by atoms with van der Waals surface area (Å²) in [7, 11) is -9.79. The molecule has 0 saturated heterocycles. The minimum Gasteiger partial charge on any atom is -0.310 e. The Labute approximate surface area is 144 Å². The minimum absolute atomic E-state index is 0.425. The van der Waals surface area contributed by atoms with Gasteiger partial charge in [-0.05, 0) is 13.8 Å². The van der Waals surface area contributed by atoms with Gasteiger partial charge < -0.3 is 9.05 Å². The molecule has 0 amide bonds. The quantitative estimate of drug-likeness (QED) is 0.334. The van der Waals surface area contributed by atoms with E-state index in [1.807, 2.05) is 0 Å². The summed E-state index contributed by atoms with van der Waals surface area (Å²) in [5.41, 5.74) is 0. The van der Waals surface area contributed by atoms with Crippen LogP contribution in [0.2, 0.25) is 0 Å². The number of hydrogen-bond donors (Lipinski definition) is 0. The molecular weight excluding hydrogens is 427 g/mol. The second-order valence-electron chi connectivity index (χ2n) is 4.34. The molecule has 16 heteroatoms. The van der Waals surface area contributed by atoms with Crippen molar-refractivity contribution in [1.82, 2.24) is 0 Å². The molecule has 0 N–H and O–H groups in total. The van der Waals surface area contributed by atoms with E-state index in [0.717, 1.165) is 0 Å². The summed E-state index contributed by atoms with van der Waals surface area (Å²) in [5, 5.41) is 0. The fraction of sp³-hybridized carbons (Fsp3) is 1.00. The van der Waals surface area contributed by atoms with Gasteiger partial charge >= 0.3 is 33.4 Å². The van der Waals surface area contributed by atoms with Crippen LogP contribution in [0.3, 0.4) is 0 Å². The lowest BCUT2D eigenvalue weighted by Crippen LogP contribution is -2.58. The lowest BCUT2D eigenvalue weighted by molar-refractivity contribution is -0.363. The Morgan fingerprint density at radius 2 is 1.23 bits per heavy atom. The first-order chi connectivity index (χ1) is 11.6. The van der Waals surface area contributed by atoms with E-state index in [1.165, 1.54) is 13.8 Å². The Bertz CT molecular complexity index is 536. The predicted octanol–water partition coefficient (Wildman–Crippen LogP) is 4.83. The lowest BCUT2D eigenvalue weighted by atomic mass is 10.2. The third kappa shape index (κ3) is 5.18. The molecule has 0 bridgehead atoms. The molecule has 0 heterocycles. The van der Waals surface area contributed by atoms with Crippen LogP contribution in [-0.2, 0) is 31.7 Å². The molecule has 0 rings (SSSR count). The molecule has 0 aromatic rings. The summed E-state index contributed by atoms with van der Waals surface area (Å²) in [5.74, 6) is -17.0. The molecule has 26 heavy (non-hydrogen) atoms. The first-order valence-corrected chi connectivity index (χ1v) is 9.76. The first kappa shape index (κ1) is 25.8. The monoisotopic (exact) mass is 444 g/mol. The van der Waals surface area contributed by atoms with Gasteiger partial charge in [-0.3, -0.25) is 18.1 Å². The fourth-order valence-corrected chi connectivity index (χ4v) is 4.57. The number of phosphoric acid groups is 1. The van der Waals surface area contributed by atoms with Crippen molar-refractivity contribution in [3.05, 3.63) is 0 Å². The summed E-state index contributed by atoms with van der Waals surface area (Å²) < 4.78 is 137. The van der Waals surface area contributed by atoms with Crippen molar-refractivity contribution in [2.24, 2.45) is 0 Å². The third-order valence-electron chi connectivity index (χ3n) is 2.68. The molecule has 1 atom stereocenters. The summed E-state index contributed by atoms with van der Waals surface area (Å²) in [6, 6.07) is 0. The van der Waals surface area contributed by atoms with Gasteiger partial charge in [0.1, 0.15) is 0 Å². The van der Waals surface area contributed by atoms with Crippen molar-refractivity contribution < 1.29 is 62.5 Å². The van der Waals surface area contributed by atoms with Gasteiger partial charge in [0.2, 0.25) is 5.85 Å². The van der Waals surface area contributed by atoms with Crippen molar-refractivity contribution >= 4 is 15.4 Å². The van der Waals surface area contributed by atoms with Gasteiger partial charge in [0, 0.05) is 14.2 Å². The van der Waals surface area contributed by atoms with Crippen LogP contribution in [0, 0.1) is 0 Å². The molecular formula is C10H17F7O7P2. The third-order valence-corrected chi connectivity index (χ3v) is 6.49. The van der Waals surface area contributed by atoms with Gasteiger partial charge in [0.15, 0.2) is 0 Å². The normalized spacial score (nSPS) is 16.0. The van der Waals surface area contributed by atoms with E-state index in [2.05, 4.69) is 22.6 Å². The Morgan fingerprint density at radius 3 is 1.50 bits per heavy atom. The second kappa shape index (κ2) is 8.85. The maximum Gasteiger partial charge on any atom is 0.475 e. The zero-order valence-electron chi connectivity index (χ0n) is 13.9. The van der Waals surface area contributed by atoms with Crippen molar-refractivity contribution in [1.29, 1.82) is 0 Å². The van der Waals surface area contributed by atoms with E-state index in [1.54, 1.807) is 0 Å². The Kier molecular flexibility index (Phi) is 8.77. The molecule has 0 fully saturated rings. The molecule has 0 aromatic heterocycles. The van der Waals surface area contributed by atoms with Crippen LogP contribution in [0.15, 0.2) is 0 Å². The minimum atomic E-state index is -6.77. The Hall–Kier alpha value is -0.230. The van der Waals surface area contributed by atoms with Crippen molar-refractivity contribution in [2.75, 3.05) is 27.4 Å². The van der Waals surface area contributed by atoms with E-state index in [4.69, 9.17) is 0 Å². The van der Waals surface area contributed by atoms with Crippen LogP contribution in [0.1, 0.15) is 13.8 Å². The van der Waals surface area contributed by atoms with E-state index >= 15 is 0 Å². The standard InChI is InChI=1S/C10H17F7O7P2/c1-5-22-26(19,23-6-2)24-7(25(18,20-3)21-4)8(11,12)9(13,14)10(15,16)17/h7H,5-6H2,1-4H3. The summed E-state index contributed by atoms with van der Waals surface area (Å²) >= 11 is 0. The highest BCUT2D eigenvalue weighted by atomic mass is 31.2. The van der Waals surface area contributed by atoms with Crippen LogP contribution in [-0.4, -0.2) is 51.3 Å². The molecule has 0 spiro atoms. The number of phosphoric ester groups is 1. The largest absolute Gasteiger partial charge is 0.475 e. The van der Waals surface area contributed by atoms with E-state index in [-0.39, 0.29) is 0 Å². The zero-order chi connectivity index (χ0) is 21.0. The Balaban J connectivity index is 6.38. The fourth-order valence-electron chi connectivity index (χ4n) is 1.47. The van der Waals surface area contributed by atoms with Crippen molar-refractivity contribution in [3.8, 4) is 0 Å². The topological polar surface area (TPSA) is 80.3 Å². The molecule has 0 aliphatic heterocycles. The highest BCUT2D eigenvalue weighted by Gasteiger charge is 2.79. The van der Waals surface area contributed by atoms with Crippen molar-refractivity contribution in [2.45, 2.75) is 37.7 Å². The van der Waals surface area contributed by atoms with Gasteiger partial charge in [-0.15, -0.1) is 0 Å². The SMILES string of the molecule is CCOP(=O)(OCC)OC(C(F)(F)C(F)(F)C(F)(F)F)P(=O)(OC)OC. The molecule has 7 nitrogen and oxygen atoms in total. The first-order valence-electron chi connectivity index (χ1n) is 6.69. The average Bonchev–Trinajstić information content (AvgIpc) is 2.51. The number of alkyl halides is 7. The summed E-state index contributed by atoms with van der Waals surface area (Å²) in [4.78, 5) is 0. The van der Waals surface area contributed by atoms with Crippen LogP contribution >= 0.6 is 15.4 Å². The van der Waals surface area contributed by atoms with Gasteiger partial charge in [0.05, 0.1) is 13.2 Å². The van der Waals surface area contributed by atoms with Crippen LogP contribution in [0.5, 0.6) is 0 Å². The predicted molar refractivity (Wildman–Crippen MR) is 73.3 cm³/mol. The zero-order valence-corrected chi connectivity index (χ0v) is 15.7. The van der Waals surface area contributed by atoms with E-state index in [9.17, 15) is 39.9 Å². The number of hydrogen-bond acceptors (Lipinski definition) is 7. The highest BCUT2D eigenvalue weighted by molar-refractivity contribution is 7.56. The van der Waals surface area contributed by atoms with Gasteiger partial charge in [-0.25, -0.2) is 4.57 Å². The second-order valence-corrected chi connectivity index (χ2v) is 8.24. The average molecular weight is 444 g/mol. The van der Waals surface area contributed by atoms with Gasteiger partial charge in [0.25, 0.3) is 0 Å². The van der Waals surface area contributed by atoms with E-state index in [0.29, 0.717) is 14.2 Å². The molecule has 0 radical (unpaired) electrons. The maximum atomic E-state index is 14.1. The smallest absolute Gasteiger partial charge is 0.310 e. The van der Waals surface area contributed by atoms with Crippen LogP contribution in [0.4, 0.5) is 30.7 Å². The molecule has 1 unspecified atom stereocenters. The van der Waals surface area contributed by atoms with Gasteiger partial charge in [-0.1, -0.05) is 0 Å². The molecule has 0 aliphatic carbocycles. The van der Waals surface area contributed by atoms with E-state index < -0.39 is 52.5 Å². The molecule has 0 aliphatic rings. The van der Waals surface area contributed by atoms with Crippen molar-refractivity contribution in [3.63, 3.8) is 0 Å². The maximum absolute atomic E-state index is 14.1. The molecule has 0 aromatic carbocycles. The lowest BCUT2D eigenvalue weighted by Gasteiger charge is -2.36. The number of halogens is 7. The highest BCUT2D eigenvalue weighted by Crippen LogP contribution is 2.67. The van der Waals surface area contributed by atoms with Crippen LogP contribution < -0.4 is 0 Å². The van der Waals surface area contributed by atoms with Gasteiger partial charge in [-0.2, -0.15) is 30.7 Å². The Morgan fingerprint density at radius 1 is 0.846 bits per heavy atom. The molecule has 158 valence electrons.